The van der Waals surface area contributed by atoms with Crippen molar-refractivity contribution in [1.82, 2.24) is 9.55 Å². The first-order valence-corrected chi connectivity index (χ1v) is 7.57. The monoisotopic (exact) mass is 333 g/mol. The van der Waals surface area contributed by atoms with Crippen molar-refractivity contribution in [2.45, 2.75) is 26.1 Å². The molecular formula is C17H17F2N3O2. The Hall–Kier alpha value is -2.70. The largest absolute Gasteiger partial charge is 0.473 e. The van der Waals surface area contributed by atoms with Crippen LogP contribution in [0, 0.1) is 11.6 Å². The Morgan fingerprint density at radius 1 is 1.33 bits per heavy atom. The number of hydrogen-bond donors (Lipinski definition) is 0. The van der Waals surface area contributed by atoms with Gasteiger partial charge in [0.2, 0.25) is 5.88 Å². The molecule has 0 spiro atoms. The SMILES string of the molecule is C=CC(C)N1CCn2c1cc(OCc1ccc(F)c(F)c1)nc2=O. The second-order valence-electron chi connectivity index (χ2n) is 5.59. The molecule has 7 heteroatoms. The molecule has 0 saturated heterocycles. The molecule has 0 bridgehead atoms. The van der Waals surface area contributed by atoms with Crippen LogP contribution in [0.5, 0.6) is 5.88 Å². The smallest absolute Gasteiger partial charge is 0.352 e. The van der Waals surface area contributed by atoms with Crippen molar-refractivity contribution in [3.8, 4) is 5.88 Å². The molecule has 3 rings (SSSR count). The van der Waals surface area contributed by atoms with Crippen molar-refractivity contribution in [3.63, 3.8) is 0 Å². The van der Waals surface area contributed by atoms with Crippen LogP contribution < -0.4 is 15.3 Å². The van der Waals surface area contributed by atoms with Gasteiger partial charge in [0.25, 0.3) is 0 Å². The minimum Gasteiger partial charge on any atom is -0.473 e. The number of hydrogen-bond acceptors (Lipinski definition) is 4. The van der Waals surface area contributed by atoms with Gasteiger partial charge in [0.15, 0.2) is 11.6 Å². The molecule has 0 radical (unpaired) electrons. The Morgan fingerprint density at radius 2 is 2.12 bits per heavy atom. The van der Waals surface area contributed by atoms with E-state index in [0.29, 0.717) is 24.5 Å². The van der Waals surface area contributed by atoms with Gasteiger partial charge in [-0.05, 0) is 24.6 Å². The molecule has 1 aliphatic rings. The van der Waals surface area contributed by atoms with Crippen molar-refractivity contribution >= 4 is 5.82 Å². The van der Waals surface area contributed by atoms with Crippen LogP contribution in [0.4, 0.5) is 14.6 Å². The highest BCUT2D eigenvalue weighted by Crippen LogP contribution is 2.25. The first-order chi connectivity index (χ1) is 11.5. The highest BCUT2D eigenvalue weighted by molar-refractivity contribution is 5.47. The van der Waals surface area contributed by atoms with Gasteiger partial charge in [-0.15, -0.1) is 6.58 Å². The highest BCUT2D eigenvalue weighted by atomic mass is 19.2. The van der Waals surface area contributed by atoms with Gasteiger partial charge in [-0.2, -0.15) is 4.98 Å². The molecule has 1 atom stereocenters. The Labute approximate surface area is 137 Å². The lowest BCUT2D eigenvalue weighted by atomic mass is 10.2. The van der Waals surface area contributed by atoms with Crippen LogP contribution in [-0.2, 0) is 13.2 Å². The fourth-order valence-electron chi connectivity index (χ4n) is 2.64. The predicted molar refractivity (Wildman–Crippen MR) is 86.2 cm³/mol. The first kappa shape index (κ1) is 16.2. The number of nitrogens with zero attached hydrogens (tertiary/aromatic N) is 3. The van der Waals surface area contributed by atoms with E-state index in [0.717, 1.165) is 12.1 Å². The molecule has 0 amide bonds. The van der Waals surface area contributed by atoms with E-state index in [9.17, 15) is 13.6 Å². The van der Waals surface area contributed by atoms with Crippen molar-refractivity contribution in [2.75, 3.05) is 11.4 Å². The summed E-state index contributed by atoms with van der Waals surface area (Å²) in [6.07, 6.45) is 1.79. The van der Waals surface area contributed by atoms with E-state index in [1.807, 2.05) is 11.8 Å². The van der Waals surface area contributed by atoms with E-state index in [4.69, 9.17) is 4.74 Å². The fourth-order valence-corrected chi connectivity index (χ4v) is 2.64. The van der Waals surface area contributed by atoms with Gasteiger partial charge in [0, 0.05) is 25.2 Å². The second-order valence-corrected chi connectivity index (χ2v) is 5.59. The van der Waals surface area contributed by atoms with Gasteiger partial charge in [0.1, 0.15) is 12.4 Å². The average molecular weight is 333 g/mol. The van der Waals surface area contributed by atoms with Crippen molar-refractivity contribution in [3.05, 3.63) is 64.6 Å². The molecule has 0 fully saturated rings. The number of anilines is 1. The maximum absolute atomic E-state index is 13.2. The molecule has 1 aromatic carbocycles. The van der Waals surface area contributed by atoms with Gasteiger partial charge in [-0.3, -0.25) is 4.57 Å². The standard InChI is InChI=1S/C17H17F2N3O2/c1-3-11(2)21-6-7-22-16(21)9-15(20-17(22)23)24-10-12-4-5-13(18)14(19)8-12/h3-5,8-9,11H,1,6-7,10H2,2H3. The topological polar surface area (TPSA) is 47.4 Å². The van der Waals surface area contributed by atoms with E-state index < -0.39 is 17.3 Å². The molecule has 1 aliphatic heterocycles. The first-order valence-electron chi connectivity index (χ1n) is 7.57. The summed E-state index contributed by atoms with van der Waals surface area (Å²) >= 11 is 0. The van der Waals surface area contributed by atoms with Crippen LogP contribution in [0.1, 0.15) is 12.5 Å². The molecule has 2 heterocycles. The van der Waals surface area contributed by atoms with Gasteiger partial charge in [-0.25, -0.2) is 13.6 Å². The van der Waals surface area contributed by atoms with E-state index in [2.05, 4.69) is 11.6 Å². The molecule has 1 unspecified atom stereocenters. The van der Waals surface area contributed by atoms with Crippen LogP contribution in [0.2, 0.25) is 0 Å². The van der Waals surface area contributed by atoms with Crippen LogP contribution in [0.15, 0.2) is 41.7 Å². The van der Waals surface area contributed by atoms with E-state index >= 15 is 0 Å². The minimum absolute atomic E-state index is 0.00982. The minimum atomic E-state index is -0.941. The molecule has 0 aliphatic carbocycles. The van der Waals surface area contributed by atoms with Crippen LogP contribution in [-0.4, -0.2) is 22.1 Å². The molecule has 24 heavy (non-hydrogen) atoms. The quantitative estimate of drug-likeness (QED) is 0.789. The Kier molecular flexibility index (Phi) is 4.33. The zero-order valence-electron chi connectivity index (χ0n) is 13.2. The van der Waals surface area contributed by atoms with Gasteiger partial charge >= 0.3 is 5.69 Å². The summed E-state index contributed by atoms with van der Waals surface area (Å²) in [6, 6.07) is 5.26. The lowest BCUT2D eigenvalue weighted by molar-refractivity contribution is 0.290. The third-order valence-corrected chi connectivity index (χ3v) is 4.03. The van der Waals surface area contributed by atoms with Crippen LogP contribution in [0.3, 0.4) is 0 Å². The summed E-state index contributed by atoms with van der Waals surface area (Å²) in [4.78, 5) is 18.0. The van der Waals surface area contributed by atoms with Crippen LogP contribution in [0.25, 0.3) is 0 Å². The number of fused-ring (bicyclic) bond motifs is 1. The Morgan fingerprint density at radius 3 is 2.83 bits per heavy atom. The maximum Gasteiger partial charge on any atom is 0.352 e. The third kappa shape index (κ3) is 3.02. The maximum atomic E-state index is 13.2. The zero-order valence-corrected chi connectivity index (χ0v) is 13.2. The van der Waals surface area contributed by atoms with Crippen LogP contribution >= 0.6 is 0 Å². The molecule has 126 valence electrons. The lowest BCUT2D eigenvalue weighted by Gasteiger charge is -2.23. The summed E-state index contributed by atoms with van der Waals surface area (Å²) in [7, 11) is 0. The molecule has 2 aromatic rings. The molecule has 0 saturated carbocycles. The molecule has 1 aromatic heterocycles. The summed E-state index contributed by atoms with van der Waals surface area (Å²) in [6.45, 7) is 6.99. The van der Waals surface area contributed by atoms with Gasteiger partial charge < -0.3 is 9.64 Å². The van der Waals surface area contributed by atoms with Crippen molar-refractivity contribution in [2.24, 2.45) is 0 Å². The lowest BCUT2D eigenvalue weighted by Crippen LogP contribution is -2.30. The number of aromatic nitrogens is 2. The normalized spacial score (nSPS) is 14.4. The third-order valence-electron chi connectivity index (χ3n) is 4.03. The number of rotatable bonds is 5. The number of halogens is 2. The Bertz CT molecular complexity index is 835. The number of ether oxygens (including phenoxy) is 1. The van der Waals surface area contributed by atoms with Crippen molar-refractivity contribution < 1.29 is 13.5 Å². The Balaban J connectivity index is 1.82. The molecule has 5 nitrogen and oxygen atoms in total. The summed E-state index contributed by atoms with van der Waals surface area (Å²) in [5, 5.41) is 0. The summed E-state index contributed by atoms with van der Waals surface area (Å²) < 4.78 is 33.2. The highest BCUT2D eigenvalue weighted by Gasteiger charge is 2.24. The zero-order chi connectivity index (χ0) is 17.3. The molecular weight excluding hydrogens is 316 g/mol. The summed E-state index contributed by atoms with van der Waals surface area (Å²) in [5.41, 5.74) is 0.0548. The van der Waals surface area contributed by atoms with Gasteiger partial charge in [0.05, 0.1) is 0 Å². The van der Waals surface area contributed by atoms with E-state index in [-0.39, 0.29) is 18.5 Å². The second kappa shape index (κ2) is 6.43. The average Bonchev–Trinajstić information content (AvgIpc) is 3.00. The van der Waals surface area contributed by atoms with E-state index in [1.165, 1.54) is 6.07 Å². The van der Waals surface area contributed by atoms with E-state index in [1.54, 1.807) is 16.7 Å². The summed E-state index contributed by atoms with van der Waals surface area (Å²) in [5.74, 6) is -0.993. The molecule has 0 N–H and O–H groups in total. The van der Waals surface area contributed by atoms with Crippen molar-refractivity contribution in [1.29, 1.82) is 0 Å². The fraction of sp³-hybridized carbons (Fsp3) is 0.294. The number of benzene rings is 1. The van der Waals surface area contributed by atoms with Gasteiger partial charge in [-0.1, -0.05) is 12.1 Å². The predicted octanol–water partition coefficient (Wildman–Crippen LogP) is 2.50.